The first-order valence-corrected chi connectivity index (χ1v) is 13.5. The Hall–Kier alpha value is -3.98. The number of rotatable bonds is 7. The molecule has 0 aliphatic carbocycles. The highest BCUT2D eigenvalue weighted by Gasteiger charge is 2.45. The second-order valence-electron chi connectivity index (χ2n) is 10.8. The summed E-state index contributed by atoms with van der Waals surface area (Å²) >= 11 is 0. The molecule has 2 amide bonds. The highest BCUT2D eigenvalue weighted by Crippen LogP contribution is 2.48. The molecule has 1 saturated heterocycles. The van der Waals surface area contributed by atoms with Crippen LogP contribution in [0.25, 0.3) is 10.9 Å². The van der Waals surface area contributed by atoms with Gasteiger partial charge in [-0.1, -0.05) is 12.1 Å². The van der Waals surface area contributed by atoms with Gasteiger partial charge in [-0.2, -0.15) is 0 Å². The van der Waals surface area contributed by atoms with E-state index in [2.05, 4.69) is 27.3 Å². The molecule has 0 radical (unpaired) electrons. The lowest BCUT2D eigenvalue weighted by Crippen LogP contribution is -2.46. The molecule has 3 aliphatic heterocycles. The number of nitrogens with zero attached hydrogens (tertiary/aromatic N) is 2. The lowest BCUT2D eigenvalue weighted by Gasteiger charge is -2.38. The van der Waals surface area contributed by atoms with Crippen LogP contribution < -0.4 is 15.5 Å². The standard InChI is InChI=1S/C30H32N4O5/c1-31-28(37)24(6-3-13-35)34-17-20-14-23-26(15-22(20)29(34)38)39-18-30(23)8-11-33(12-9-30)16-19-4-2-5-21-25(36)7-10-32-27(19)21/h2,4-5,7,10,13-15,24H,3,6,8-9,11-12,16-18H2,1H3,(H,31,37)(H,32,36). The van der Waals surface area contributed by atoms with E-state index in [1.165, 1.54) is 0 Å². The molecule has 1 atom stereocenters. The van der Waals surface area contributed by atoms with Crippen LogP contribution in [0.15, 0.2) is 47.4 Å². The van der Waals surface area contributed by atoms with E-state index in [1.807, 2.05) is 18.2 Å². The van der Waals surface area contributed by atoms with Crippen LogP contribution in [-0.4, -0.2) is 65.7 Å². The number of para-hydroxylation sites is 1. The Balaban J connectivity index is 1.20. The molecule has 0 bridgehead atoms. The molecule has 2 N–H and O–H groups in total. The second kappa shape index (κ2) is 9.96. The number of amides is 2. The number of carbonyl (C=O) groups is 3. The summed E-state index contributed by atoms with van der Waals surface area (Å²) in [5.41, 5.74) is 4.56. The molecule has 39 heavy (non-hydrogen) atoms. The van der Waals surface area contributed by atoms with Crippen molar-refractivity contribution in [3.8, 4) is 5.75 Å². The van der Waals surface area contributed by atoms with Gasteiger partial charge in [0.15, 0.2) is 5.43 Å². The fourth-order valence-corrected chi connectivity index (χ4v) is 6.46. The van der Waals surface area contributed by atoms with E-state index >= 15 is 0 Å². The summed E-state index contributed by atoms with van der Waals surface area (Å²) in [4.78, 5) is 56.3. The van der Waals surface area contributed by atoms with Crippen molar-refractivity contribution in [3.63, 3.8) is 0 Å². The lowest BCUT2D eigenvalue weighted by molar-refractivity contribution is -0.125. The van der Waals surface area contributed by atoms with E-state index in [0.717, 1.165) is 66.7 Å². The van der Waals surface area contributed by atoms with Crippen molar-refractivity contribution < 1.29 is 19.1 Å². The zero-order chi connectivity index (χ0) is 27.1. The molecular weight excluding hydrogens is 496 g/mol. The molecule has 0 saturated carbocycles. The molecule has 1 aromatic heterocycles. The van der Waals surface area contributed by atoms with E-state index in [1.54, 1.807) is 24.2 Å². The van der Waals surface area contributed by atoms with Crippen molar-refractivity contribution in [2.45, 2.75) is 50.2 Å². The summed E-state index contributed by atoms with van der Waals surface area (Å²) in [5.74, 6) is 0.300. The molecular formula is C30H32N4O5. The Labute approximate surface area is 226 Å². The first kappa shape index (κ1) is 25.3. The van der Waals surface area contributed by atoms with Gasteiger partial charge < -0.3 is 24.7 Å². The van der Waals surface area contributed by atoms with Crippen molar-refractivity contribution in [2.24, 2.45) is 0 Å². The zero-order valence-electron chi connectivity index (χ0n) is 22.0. The molecule has 9 nitrogen and oxygen atoms in total. The van der Waals surface area contributed by atoms with Crippen molar-refractivity contribution in [1.29, 1.82) is 0 Å². The average molecular weight is 529 g/mol. The van der Waals surface area contributed by atoms with Crippen LogP contribution in [0.3, 0.4) is 0 Å². The number of pyridine rings is 1. The highest BCUT2D eigenvalue weighted by molar-refractivity contribution is 6.01. The number of ether oxygens (including phenoxy) is 1. The van der Waals surface area contributed by atoms with E-state index in [-0.39, 0.29) is 29.1 Å². The smallest absolute Gasteiger partial charge is 0.255 e. The summed E-state index contributed by atoms with van der Waals surface area (Å²) in [6.45, 7) is 3.49. The Bertz CT molecular complexity index is 1520. The summed E-state index contributed by atoms with van der Waals surface area (Å²) in [5, 5.41) is 3.34. The van der Waals surface area contributed by atoms with Gasteiger partial charge in [0.25, 0.3) is 5.91 Å². The van der Waals surface area contributed by atoms with Gasteiger partial charge in [0, 0.05) is 60.7 Å². The predicted molar refractivity (Wildman–Crippen MR) is 146 cm³/mol. The summed E-state index contributed by atoms with van der Waals surface area (Å²) in [6.07, 6.45) is 4.85. The van der Waals surface area contributed by atoms with Crippen LogP contribution in [0.1, 0.15) is 52.7 Å². The number of piperidine rings is 1. The number of benzene rings is 2. The van der Waals surface area contributed by atoms with Crippen LogP contribution in [0.2, 0.25) is 0 Å². The number of hydrogen-bond donors (Lipinski definition) is 2. The van der Waals surface area contributed by atoms with Crippen molar-refractivity contribution in [2.75, 3.05) is 26.7 Å². The first-order chi connectivity index (χ1) is 18.9. The van der Waals surface area contributed by atoms with Gasteiger partial charge in [-0.3, -0.25) is 19.3 Å². The third kappa shape index (κ3) is 4.30. The van der Waals surface area contributed by atoms with Crippen molar-refractivity contribution >= 4 is 29.0 Å². The van der Waals surface area contributed by atoms with Crippen molar-refractivity contribution in [3.05, 3.63) is 75.1 Å². The van der Waals surface area contributed by atoms with Gasteiger partial charge in [-0.15, -0.1) is 0 Å². The number of carbonyl (C=O) groups excluding carboxylic acids is 3. The number of aromatic nitrogens is 1. The molecule has 1 spiro atoms. The van der Waals surface area contributed by atoms with Crippen LogP contribution in [0, 0.1) is 0 Å². The number of H-pyrrole nitrogens is 1. The average Bonchev–Trinajstić information content (AvgIpc) is 3.46. The third-order valence-corrected chi connectivity index (χ3v) is 8.68. The van der Waals surface area contributed by atoms with Crippen LogP contribution in [0.4, 0.5) is 0 Å². The molecule has 1 unspecified atom stereocenters. The van der Waals surface area contributed by atoms with Crippen LogP contribution in [0.5, 0.6) is 5.75 Å². The molecule has 6 rings (SSSR count). The summed E-state index contributed by atoms with van der Waals surface area (Å²) in [7, 11) is 1.54. The number of aldehydes is 1. The van der Waals surface area contributed by atoms with Crippen LogP contribution in [-0.2, 0) is 28.1 Å². The monoisotopic (exact) mass is 528 g/mol. The molecule has 3 aromatic rings. The minimum atomic E-state index is -0.683. The Kier molecular flexibility index (Phi) is 6.46. The third-order valence-electron chi connectivity index (χ3n) is 8.68. The maximum Gasteiger partial charge on any atom is 0.255 e. The number of likely N-dealkylation sites (tertiary alicyclic amines) is 1. The molecule has 3 aliphatic rings. The topological polar surface area (TPSA) is 112 Å². The summed E-state index contributed by atoms with van der Waals surface area (Å²) < 4.78 is 6.16. The quantitative estimate of drug-likeness (QED) is 0.456. The maximum absolute atomic E-state index is 13.3. The first-order valence-electron chi connectivity index (χ1n) is 13.5. The highest BCUT2D eigenvalue weighted by atomic mass is 16.5. The van der Waals surface area contributed by atoms with Crippen molar-refractivity contribution in [1.82, 2.24) is 20.1 Å². The number of hydrogen-bond acceptors (Lipinski definition) is 6. The van der Waals surface area contributed by atoms with Gasteiger partial charge in [0.1, 0.15) is 18.1 Å². The van der Waals surface area contributed by atoms with Gasteiger partial charge >= 0.3 is 0 Å². The van der Waals surface area contributed by atoms with Gasteiger partial charge in [-0.05, 0) is 61.7 Å². The minimum Gasteiger partial charge on any atom is -0.492 e. The molecule has 1 fully saturated rings. The van der Waals surface area contributed by atoms with Crippen LogP contribution >= 0.6 is 0 Å². The van der Waals surface area contributed by atoms with Gasteiger partial charge in [0.2, 0.25) is 5.91 Å². The second-order valence-corrected chi connectivity index (χ2v) is 10.8. The minimum absolute atomic E-state index is 0.0258. The largest absolute Gasteiger partial charge is 0.492 e. The normalized spacial score (nSPS) is 18.6. The van der Waals surface area contributed by atoms with E-state index in [4.69, 9.17) is 4.74 Å². The SMILES string of the molecule is CNC(=O)C(CCC=O)N1Cc2cc3c(cc2C1=O)OCC31CCN(Cc2cccc3c(=O)cc[nH]c23)CC1. The molecule has 9 heteroatoms. The molecule has 2 aromatic carbocycles. The zero-order valence-corrected chi connectivity index (χ0v) is 22.0. The fourth-order valence-electron chi connectivity index (χ4n) is 6.46. The number of fused-ring (bicyclic) bond motifs is 4. The Morgan fingerprint density at radius 2 is 2.03 bits per heavy atom. The van der Waals surface area contributed by atoms with E-state index in [0.29, 0.717) is 30.5 Å². The number of nitrogens with one attached hydrogen (secondary N) is 2. The van der Waals surface area contributed by atoms with Gasteiger partial charge in [0.05, 0.1) is 12.1 Å². The van der Waals surface area contributed by atoms with E-state index in [9.17, 15) is 19.2 Å². The van der Waals surface area contributed by atoms with Gasteiger partial charge in [-0.25, -0.2) is 0 Å². The number of aromatic amines is 1. The lowest BCUT2D eigenvalue weighted by atomic mass is 9.74. The van der Waals surface area contributed by atoms with E-state index < -0.39 is 6.04 Å². The summed E-state index contributed by atoms with van der Waals surface area (Å²) in [6, 6.07) is 10.7. The molecule has 202 valence electrons. The number of likely N-dealkylation sites (N-methyl/N-ethyl adjacent to an activating group) is 1. The predicted octanol–water partition coefficient (Wildman–Crippen LogP) is 2.50. The Morgan fingerprint density at radius 3 is 2.79 bits per heavy atom. The fraction of sp³-hybridized carbons (Fsp3) is 0.400. The maximum atomic E-state index is 13.3. The Morgan fingerprint density at radius 1 is 1.21 bits per heavy atom. The molecule has 4 heterocycles.